The first-order valence-corrected chi connectivity index (χ1v) is 9.36. The highest BCUT2D eigenvalue weighted by Gasteiger charge is 2.46. The fourth-order valence-electron chi connectivity index (χ4n) is 4.48. The third-order valence-electron chi connectivity index (χ3n) is 5.89. The minimum absolute atomic E-state index is 0.239. The fourth-order valence-corrected chi connectivity index (χ4v) is 4.48. The van der Waals surface area contributed by atoms with E-state index in [4.69, 9.17) is 13.7 Å². The summed E-state index contributed by atoms with van der Waals surface area (Å²) in [5.74, 6) is 3.41. The summed E-state index contributed by atoms with van der Waals surface area (Å²) in [6.07, 6.45) is 3.51. The van der Waals surface area contributed by atoms with Crippen LogP contribution in [0.4, 0.5) is 0 Å². The summed E-state index contributed by atoms with van der Waals surface area (Å²) in [6.45, 7) is 6.60. The van der Waals surface area contributed by atoms with Crippen molar-refractivity contribution in [1.29, 1.82) is 0 Å². The predicted molar refractivity (Wildman–Crippen MR) is 95.4 cm³/mol. The summed E-state index contributed by atoms with van der Waals surface area (Å²) in [6, 6.07) is 4.37. The molecule has 7 nitrogen and oxygen atoms in total. The molecule has 1 spiro atoms. The normalized spacial score (nSPS) is 23.9. The van der Waals surface area contributed by atoms with E-state index in [9.17, 15) is 0 Å². The highest BCUT2D eigenvalue weighted by molar-refractivity contribution is 5.07. The molecule has 2 aromatic heterocycles. The Labute approximate surface area is 154 Å². The molecule has 2 aliphatic heterocycles. The molecule has 2 saturated heterocycles. The summed E-state index contributed by atoms with van der Waals surface area (Å²) in [7, 11) is 3.81. The number of methoxy groups -OCH3 is 1. The van der Waals surface area contributed by atoms with Crippen LogP contribution in [0.5, 0.6) is 0 Å². The van der Waals surface area contributed by atoms with Crippen molar-refractivity contribution in [3.8, 4) is 0 Å². The van der Waals surface area contributed by atoms with E-state index < -0.39 is 0 Å². The molecule has 1 unspecified atom stereocenters. The second-order valence-corrected chi connectivity index (χ2v) is 7.90. The summed E-state index contributed by atoms with van der Waals surface area (Å²) in [5.41, 5.74) is 0.358. The molecule has 2 aromatic rings. The van der Waals surface area contributed by atoms with Crippen LogP contribution in [-0.4, -0.2) is 53.7 Å². The maximum absolute atomic E-state index is 5.73. The zero-order chi connectivity index (χ0) is 18.1. The van der Waals surface area contributed by atoms with E-state index in [1.54, 1.807) is 7.11 Å². The number of rotatable bonds is 5. The molecule has 26 heavy (non-hydrogen) atoms. The minimum atomic E-state index is 0.239. The van der Waals surface area contributed by atoms with Crippen molar-refractivity contribution in [1.82, 2.24) is 19.9 Å². The topological polar surface area (TPSA) is 67.8 Å². The van der Waals surface area contributed by atoms with Crippen molar-refractivity contribution in [2.75, 3.05) is 33.8 Å². The molecule has 1 atom stereocenters. The molecule has 4 heterocycles. The number of nitrogens with zero attached hydrogens (tertiary/aromatic N) is 4. The predicted octanol–water partition coefficient (Wildman–Crippen LogP) is 2.78. The molecule has 0 aliphatic carbocycles. The van der Waals surface area contributed by atoms with Gasteiger partial charge >= 0.3 is 0 Å². The molecule has 2 fully saturated rings. The van der Waals surface area contributed by atoms with E-state index in [1.807, 2.05) is 13.0 Å². The second-order valence-electron chi connectivity index (χ2n) is 7.90. The zero-order valence-electron chi connectivity index (χ0n) is 15.9. The van der Waals surface area contributed by atoms with Crippen LogP contribution in [0.15, 0.2) is 21.1 Å². The maximum Gasteiger partial charge on any atom is 0.252 e. The van der Waals surface area contributed by atoms with Crippen molar-refractivity contribution in [2.24, 2.45) is 5.41 Å². The van der Waals surface area contributed by atoms with E-state index in [0.717, 1.165) is 49.9 Å². The summed E-state index contributed by atoms with van der Waals surface area (Å²) < 4.78 is 16.1. The van der Waals surface area contributed by atoms with Gasteiger partial charge in [0.15, 0.2) is 5.82 Å². The first kappa shape index (κ1) is 17.7. The lowest BCUT2D eigenvalue weighted by molar-refractivity contribution is 0.0998. The average Bonchev–Trinajstić information content (AvgIpc) is 3.31. The lowest BCUT2D eigenvalue weighted by atomic mass is 9.76. The standard InChI is InChI=1S/C19H28N4O3/c1-14-4-5-15(25-14)11-23-8-6-19(7-9-23)10-16(22(2)13-19)18-20-17(12-24-3)26-21-18/h4-5,16H,6-13H2,1-3H3. The maximum atomic E-state index is 5.73. The Bertz CT molecular complexity index is 733. The van der Waals surface area contributed by atoms with Gasteiger partial charge in [0.05, 0.1) is 12.6 Å². The van der Waals surface area contributed by atoms with Crippen LogP contribution in [-0.2, 0) is 17.9 Å². The summed E-state index contributed by atoms with van der Waals surface area (Å²) >= 11 is 0. The van der Waals surface area contributed by atoms with Crippen LogP contribution in [0.3, 0.4) is 0 Å². The van der Waals surface area contributed by atoms with Gasteiger partial charge in [0.2, 0.25) is 0 Å². The molecule has 0 N–H and O–H groups in total. The number of aromatic nitrogens is 2. The van der Waals surface area contributed by atoms with Gasteiger partial charge in [-0.3, -0.25) is 9.80 Å². The van der Waals surface area contributed by atoms with E-state index >= 15 is 0 Å². The first-order chi connectivity index (χ1) is 12.6. The van der Waals surface area contributed by atoms with Crippen molar-refractivity contribution in [2.45, 2.75) is 45.4 Å². The molecule has 0 aromatic carbocycles. The van der Waals surface area contributed by atoms with Crippen LogP contribution in [0.1, 0.15) is 48.5 Å². The van der Waals surface area contributed by atoms with Crippen molar-refractivity contribution in [3.63, 3.8) is 0 Å². The van der Waals surface area contributed by atoms with Crippen molar-refractivity contribution >= 4 is 0 Å². The number of hydrogen-bond acceptors (Lipinski definition) is 7. The van der Waals surface area contributed by atoms with Crippen LogP contribution in [0, 0.1) is 12.3 Å². The number of piperidine rings is 1. The Morgan fingerprint density at radius 3 is 2.81 bits per heavy atom. The molecule has 0 amide bonds. The van der Waals surface area contributed by atoms with Gasteiger partial charge < -0.3 is 13.7 Å². The van der Waals surface area contributed by atoms with E-state index in [1.165, 1.54) is 12.8 Å². The summed E-state index contributed by atoms with van der Waals surface area (Å²) in [4.78, 5) is 9.40. The monoisotopic (exact) mass is 360 g/mol. The minimum Gasteiger partial charge on any atom is -0.465 e. The van der Waals surface area contributed by atoms with Crippen LogP contribution >= 0.6 is 0 Å². The van der Waals surface area contributed by atoms with E-state index in [-0.39, 0.29) is 6.04 Å². The third-order valence-corrected chi connectivity index (χ3v) is 5.89. The molecular formula is C19H28N4O3. The molecule has 0 radical (unpaired) electrons. The van der Waals surface area contributed by atoms with Gasteiger partial charge in [0.1, 0.15) is 18.1 Å². The quantitative estimate of drug-likeness (QED) is 0.812. The van der Waals surface area contributed by atoms with Gasteiger partial charge in [0.25, 0.3) is 5.89 Å². The molecule has 0 bridgehead atoms. The average molecular weight is 360 g/mol. The van der Waals surface area contributed by atoms with Gasteiger partial charge in [-0.2, -0.15) is 4.98 Å². The number of aryl methyl sites for hydroxylation is 1. The Hall–Kier alpha value is -1.70. The molecular weight excluding hydrogens is 332 g/mol. The Kier molecular flexibility index (Phi) is 4.86. The van der Waals surface area contributed by atoms with E-state index in [0.29, 0.717) is 17.9 Å². The zero-order valence-corrected chi connectivity index (χ0v) is 15.9. The smallest absolute Gasteiger partial charge is 0.252 e. The Morgan fingerprint density at radius 2 is 2.12 bits per heavy atom. The Morgan fingerprint density at radius 1 is 1.31 bits per heavy atom. The van der Waals surface area contributed by atoms with Gasteiger partial charge in [-0.15, -0.1) is 0 Å². The summed E-state index contributed by atoms with van der Waals surface area (Å²) in [5, 5.41) is 4.19. The first-order valence-electron chi connectivity index (χ1n) is 9.36. The van der Waals surface area contributed by atoms with Gasteiger partial charge in [0, 0.05) is 13.7 Å². The molecule has 0 saturated carbocycles. The van der Waals surface area contributed by atoms with Crippen LogP contribution in [0.2, 0.25) is 0 Å². The lowest BCUT2D eigenvalue weighted by Gasteiger charge is -2.39. The number of furan rings is 1. The van der Waals surface area contributed by atoms with E-state index in [2.05, 4.69) is 33.1 Å². The largest absolute Gasteiger partial charge is 0.465 e. The lowest BCUT2D eigenvalue weighted by Crippen LogP contribution is -2.40. The third kappa shape index (κ3) is 3.56. The van der Waals surface area contributed by atoms with Crippen LogP contribution in [0.25, 0.3) is 0 Å². The van der Waals surface area contributed by atoms with Gasteiger partial charge in [-0.1, -0.05) is 5.16 Å². The fraction of sp³-hybridized carbons (Fsp3) is 0.684. The SMILES string of the molecule is COCc1nc(C2CC3(CCN(Cc4ccc(C)o4)CC3)CN2C)no1. The number of hydrogen-bond donors (Lipinski definition) is 0. The highest BCUT2D eigenvalue weighted by atomic mass is 16.5. The van der Waals surface area contributed by atoms with Gasteiger partial charge in [-0.25, -0.2) is 0 Å². The van der Waals surface area contributed by atoms with Crippen LogP contribution < -0.4 is 0 Å². The van der Waals surface area contributed by atoms with Crippen molar-refractivity contribution in [3.05, 3.63) is 35.4 Å². The highest BCUT2D eigenvalue weighted by Crippen LogP contribution is 2.47. The van der Waals surface area contributed by atoms with Gasteiger partial charge in [-0.05, 0) is 63.9 Å². The molecule has 4 rings (SSSR count). The number of ether oxygens (including phenoxy) is 1. The molecule has 2 aliphatic rings. The molecule has 142 valence electrons. The Balaban J connectivity index is 1.36. The second kappa shape index (κ2) is 7.13. The van der Waals surface area contributed by atoms with Crippen molar-refractivity contribution < 1.29 is 13.7 Å². The molecule has 7 heteroatoms. The number of likely N-dealkylation sites (tertiary alicyclic amines) is 2.